The van der Waals surface area contributed by atoms with Crippen molar-refractivity contribution in [3.63, 3.8) is 0 Å². The van der Waals surface area contributed by atoms with E-state index in [0.717, 1.165) is 30.6 Å². The maximum absolute atomic E-state index is 12.6. The van der Waals surface area contributed by atoms with Crippen LogP contribution in [-0.4, -0.2) is 67.6 Å². The van der Waals surface area contributed by atoms with Crippen LogP contribution in [0.3, 0.4) is 0 Å². The number of sulfonamides is 1. The van der Waals surface area contributed by atoms with E-state index in [4.69, 9.17) is 4.74 Å². The third kappa shape index (κ3) is 4.48. The Hall–Kier alpha value is -1.97. The molecule has 1 aliphatic heterocycles. The second-order valence-electron chi connectivity index (χ2n) is 6.84. The molecule has 8 nitrogen and oxygen atoms in total. The van der Waals surface area contributed by atoms with Crippen LogP contribution in [0.5, 0.6) is 0 Å². The van der Waals surface area contributed by atoms with E-state index >= 15 is 0 Å². The van der Waals surface area contributed by atoms with Gasteiger partial charge in [-0.2, -0.15) is 0 Å². The highest BCUT2D eigenvalue weighted by Gasteiger charge is 2.30. The predicted molar refractivity (Wildman–Crippen MR) is 102 cm³/mol. The number of pyridine rings is 1. The third-order valence-corrected chi connectivity index (χ3v) is 6.09. The van der Waals surface area contributed by atoms with Gasteiger partial charge in [0.1, 0.15) is 5.82 Å². The van der Waals surface area contributed by atoms with E-state index in [0.29, 0.717) is 31.9 Å². The Labute approximate surface area is 159 Å². The van der Waals surface area contributed by atoms with Gasteiger partial charge in [-0.05, 0) is 31.4 Å². The fourth-order valence-electron chi connectivity index (χ4n) is 3.47. The first-order valence-corrected chi connectivity index (χ1v) is 11.0. The van der Waals surface area contributed by atoms with Gasteiger partial charge in [0.15, 0.2) is 5.69 Å². The number of aromatic nitrogens is 2. The number of imidazole rings is 1. The van der Waals surface area contributed by atoms with Crippen molar-refractivity contribution in [2.45, 2.75) is 25.2 Å². The maximum atomic E-state index is 12.6. The van der Waals surface area contributed by atoms with Crippen molar-refractivity contribution in [3.8, 4) is 0 Å². The summed E-state index contributed by atoms with van der Waals surface area (Å²) in [6.07, 6.45) is 5.45. The van der Waals surface area contributed by atoms with Crippen LogP contribution in [0.25, 0.3) is 5.52 Å². The number of rotatable bonds is 7. The lowest BCUT2D eigenvalue weighted by Gasteiger charge is -2.30. The molecular weight excluding hydrogens is 368 g/mol. The molecule has 0 bridgehead atoms. The molecule has 3 heterocycles. The highest BCUT2D eigenvalue weighted by atomic mass is 32.2. The Morgan fingerprint density at radius 1 is 1.41 bits per heavy atom. The van der Waals surface area contributed by atoms with Gasteiger partial charge in [-0.25, -0.2) is 17.7 Å². The number of nitrogens with zero attached hydrogens (tertiary/aromatic N) is 3. The SMILES string of the molecule is COCCCNC(=O)c1nc(C2CCCN(S(C)(=O)=O)C2)n2ccccc12. The molecule has 0 aromatic carbocycles. The lowest BCUT2D eigenvalue weighted by molar-refractivity contribution is 0.0945. The number of fused-ring (bicyclic) bond motifs is 1. The second kappa shape index (κ2) is 8.37. The highest BCUT2D eigenvalue weighted by molar-refractivity contribution is 7.88. The molecule has 9 heteroatoms. The number of ether oxygens (including phenoxy) is 1. The van der Waals surface area contributed by atoms with Gasteiger partial charge in [0.2, 0.25) is 10.0 Å². The Morgan fingerprint density at radius 2 is 2.22 bits per heavy atom. The summed E-state index contributed by atoms with van der Waals surface area (Å²) >= 11 is 0. The first-order valence-electron chi connectivity index (χ1n) is 9.11. The number of carbonyl (C=O) groups is 1. The van der Waals surface area contributed by atoms with Gasteiger partial charge in [-0.15, -0.1) is 0 Å². The summed E-state index contributed by atoms with van der Waals surface area (Å²) in [6.45, 7) is 2.02. The molecule has 2 aromatic rings. The number of hydrogen-bond acceptors (Lipinski definition) is 5. The minimum absolute atomic E-state index is 0.0431. The van der Waals surface area contributed by atoms with E-state index in [1.54, 1.807) is 7.11 Å². The summed E-state index contributed by atoms with van der Waals surface area (Å²) in [5.41, 5.74) is 1.10. The van der Waals surface area contributed by atoms with Crippen molar-refractivity contribution < 1.29 is 17.9 Å². The van der Waals surface area contributed by atoms with Crippen molar-refractivity contribution in [2.24, 2.45) is 0 Å². The fraction of sp³-hybridized carbons (Fsp3) is 0.556. The summed E-state index contributed by atoms with van der Waals surface area (Å²) in [4.78, 5) is 17.2. The monoisotopic (exact) mass is 394 g/mol. The van der Waals surface area contributed by atoms with Gasteiger partial charge in [-0.3, -0.25) is 4.79 Å². The molecule has 1 amide bonds. The largest absolute Gasteiger partial charge is 0.385 e. The lowest BCUT2D eigenvalue weighted by atomic mass is 9.99. The quantitative estimate of drug-likeness (QED) is 0.713. The topological polar surface area (TPSA) is 93.0 Å². The minimum atomic E-state index is -3.24. The van der Waals surface area contributed by atoms with E-state index in [1.807, 2.05) is 28.8 Å². The zero-order valence-electron chi connectivity index (χ0n) is 15.7. The van der Waals surface area contributed by atoms with Crippen molar-refractivity contribution in [3.05, 3.63) is 35.9 Å². The fourth-order valence-corrected chi connectivity index (χ4v) is 4.38. The Balaban J connectivity index is 1.87. The van der Waals surface area contributed by atoms with Crippen molar-refractivity contribution >= 4 is 21.4 Å². The van der Waals surface area contributed by atoms with Crippen LogP contribution in [0.15, 0.2) is 24.4 Å². The summed E-state index contributed by atoms with van der Waals surface area (Å²) in [7, 11) is -1.62. The van der Waals surface area contributed by atoms with Crippen molar-refractivity contribution in [1.29, 1.82) is 0 Å². The molecule has 27 heavy (non-hydrogen) atoms. The number of hydrogen-bond donors (Lipinski definition) is 1. The van der Waals surface area contributed by atoms with Crippen molar-refractivity contribution in [1.82, 2.24) is 19.0 Å². The van der Waals surface area contributed by atoms with Crippen LogP contribution >= 0.6 is 0 Å². The normalized spacial score (nSPS) is 18.7. The van der Waals surface area contributed by atoms with Crippen LogP contribution in [0.4, 0.5) is 0 Å². The van der Waals surface area contributed by atoms with E-state index in [-0.39, 0.29) is 11.8 Å². The van der Waals surface area contributed by atoms with E-state index in [9.17, 15) is 13.2 Å². The van der Waals surface area contributed by atoms with E-state index in [2.05, 4.69) is 10.3 Å². The average Bonchev–Trinajstić information content (AvgIpc) is 3.04. The highest BCUT2D eigenvalue weighted by Crippen LogP contribution is 2.29. The van der Waals surface area contributed by atoms with Crippen LogP contribution in [0.1, 0.15) is 41.5 Å². The summed E-state index contributed by atoms with van der Waals surface area (Å²) in [5.74, 6) is 0.469. The Kier molecular flexibility index (Phi) is 6.13. The van der Waals surface area contributed by atoms with Crippen LogP contribution in [0.2, 0.25) is 0 Å². The molecule has 0 spiro atoms. The van der Waals surface area contributed by atoms with Gasteiger partial charge >= 0.3 is 0 Å². The molecule has 1 N–H and O–H groups in total. The number of amides is 1. The Morgan fingerprint density at radius 3 is 2.96 bits per heavy atom. The summed E-state index contributed by atoms with van der Waals surface area (Å²) in [6, 6.07) is 5.61. The number of nitrogens with one attached hydrogen (secondary N) is 1. The van der Waals surface area contributed by atoms with Gasteiger partial charge in [0, 0.05) is 45.5 Å². The van der Waals surface area contributed by atoms with Crippen LogP contribution in [-0.2, 0) is 14.8 Å². The van der Waals surface area contributed by atoms with Gasteiger partial charge < -0.3 is 14.5 Å². The maximum Gasteiger partial charge on any atom is 0.272 e. The van der Waals surface area contributed by atoms with Crippen molar-refractivity contribution in [2.75, 3.05) is 39.6 Å². The molecule has 1 unspecified atom stereocenters. The van der Waals surface area contributed by atoms with E-state index < -0.39 is 10.0 Å². The molecule has 0 aliphatic carbocycles. The zero-order valence-corrected chi connectivity index (χ0v) is 16.5. The molecule has 0 radical (unpaired) electrons. The number of piperidine rings is 1. The summed E-state index contributed by atoms with van der Waals surface area (Å²) < 4.78 is 32.3. The third-order valence-electron chi connectivity index (χ3n) is 4.82. The zero-order chi connectivity index (χ0) is 19.4. The molecule has 1 atom stereocenters. The molecule has 3 rings (SSSR count). The number of carbonyl (C=O) groups excluding carboxylic acids is 1. The average molecular weight is 394 g/mol. The first kappa shape index (κ1) is 19.8. The predicted octanol–water partition coefficient (Wildman–Crippen LogP) is 1.24. The lowest BCUT2D eigenvalue weighted by Crippen LogP contribution is -2.38. The molecule has 0 saturated carbocycles. The Bertz CT molecular complexity index is 909. The van der Waals surface area contributed by atoms with E-state index in [1.165, 1.54) is 10.6 Å². The second-order valence-corrected chi connectivity index (χ2v) is 8.82. The molecule has 1 saturated heterocycles. The van der Waals surface area contributed by atoms with Crippen LogP contribution < -0.4 is 5.32 Å². The first-order chi connectivity index (χ1) is 12.9. The van der Waals surface area contributed by atoms with Gasteiger partial charge in [0.25, 0.3) is 5.91 Å². The molecular formula is C18H26N4O4S. The van der Waals surface area contributed by atoms with Crippen LogP contribution in [0, 0.1) is 0 Å². The van der Waals surface area contributed by atoms with Gasteiger partial charge in [0.05, 0.1) is 11.8 Å². The summed E-state index contributed by atoms with van der Waals surface area (Å²) in [5, 5.41) is 2.87. The number of methoxy groups -OCH3 is 1. The molecule has 148 valence electrons. The molecule has 1 aliphatic rings. The minimum Gasteiger partial charge on any atom is -0.385 e. The standard InChI is InChI=1S/C18H26N4O4S/c1-26-12-6-9-19-18(23)16-15-8-3-4-11-22(15)17(20-16)14-7-5-10-21(13-14)27(2,24)25/h3-4,8,11,14H,5-7,9-10,12-13H2,1-2H3,(H,19,23). The van der Waals surface area contributed by atoms with Gasteiger partial charge in [-0.1, -0.05) is 6.07 Å². The smallest absolute Gasteiger partial charge is 0.272 e. The molecule has 2 aromatic heterocycles. The molecule has 1 fully saturated rings.